The lowest BCUT2D eigenvalue weighted by molar-refractivity contribution is -0.123. The summed E-state index contributed by atoms with van der Waals surface area (Å²) in [6, 6.07) is 13.7. The number of nitrogens with one attached hydrogen (secondary N) is 1. The molecule has 0 saturated carbocycles. The van der Waals surface area contributed by atoms with Gasteiger partial charge in [-0.1, -0.05) is 43.5 Å². The second-order valence-corrected chi connectivity index (χ2v) is 9.68. The van der Waals surface area contributed by atoms with Gasteiger partial charge in [0.25, 0.3) is 0 Å². The van der Waals surface area contributed by atoms with E-state index in [1.54, 1.807) is 31.4 Å². The molecule has 0 spiro atoms. The fraction of sp³-hybridized carbons (Fsp3) is 0.552. The van der Waals surface area contributed by atoms with E-state index in [4.69, 9.17) is 14.2 Å². The number of aliphatic hydroxyl groups is 1. The van der Waals surface area contributed by atoms with Crippen LogP contribution in [-0.4, -0.2) is 68.0 Å². The van der Waals surface area contributed by atoms with Gasteiger partial charge in [0, 0.05) is 19.6 Å². The van der Waals surface area contributed by atoms with E-state index < -0.39 is 12.1 Å². The molecule has 2 aromatic carbocycles. The fourth-order valence-corrected chi connectivity index (χ4v) is 4.49. The predicted molar refractivity (Wildman–Crippen MR) is 147 cm³/mol. The minimum Gasteiger partial charge on any atom is -0.497 e. The first-order chi connectivity index (χ1) is 18.5. The molecule has 0 unspecified atom stereocenters. The average molecular weight is 528 g/mol. The zero-order valence-corrected chi connectivity index (χ0v) is 22.5. The van der Waals surface area contributed by atoms with Gasteiger partial charge in [0.1, 0.15) is 29.4 Å². The summed E-state index contributed by atoms with van der Waals surface area (Å²) in [7, 11) is 1.60. The first-order valence-corrected chi connectivity index (χ1v) is 13.5. The lowest BCUT2D eigenvalue weighted by atomic mass is 10.0. The van der Waals surface area contributed by atoms with Crippen LogP contribution in [0.15, 0.2) is 53.7 Å². The van der Waals surface area contributed by atoms with Gasteiger partial charge in [-0.15, -0.1) is 0 Å². The van der Waals surface area contributed by atoms with Crippen LogP contribution >= 0.6 is 0 Å². The number of unbranched alkanes of at least 4 members (excludes halogenated alkanes) is 3. The highest BCUT2D eigenvalue weighted by Gasteiger charge is 2.30. The summed E-state index contributed by atoms with van der Waals surface area (Å²) in [4.78, 5) is 25.8. The van der Waals surface area contributed by atoms with Gasteiger partial charge in [0.05, 0.1) is 32.8 Å². The predicted octanol–water partition coefficient (Wildman–Crippen LogP) is 4.48. The lowest BCUT2D eigenvalue weighted by Gasteiger charge is -2.29. The van der Waals surface area contributed by atoms with Crippen LogP contribution in [0.2, 0.25) is 0 Å². The van der Waals surface area contributed by atoms with Gasteiger partial charge >= 0.3 is 0 Å². The molecule has 208 valence electrons. The number of benzene rings is 2. The SMILES string of the molecule is CCCCCCOc1ccc([C@@H](O)[C@@H](CN2CC[C@H](N=O)C2)NC(=O)CCOc2ccc(OC)cc2)cc1. The standard InChI is InChI=1S/C29H41N3O6/c1-3-4-5-6-18-37-25-9-7-22(8-10-25)29(34)27(21-32-17-15-23(20-32)31-35)30-28(33)16-19-38-26-13-11-24(36-2)12-14-26/h7-14,23,27,29,34H,3-6,15-21H2,1-2H3,(H,30,33)/t23-,27+,29+/m0/s1. The topological polar surface area (TPSA) is 110 Å². The molecule has 2 aromatic rings. The molecule has 1 aliphatic heterocycles. The highest BCUT2D eigenvalue weighted by Crippen LogP contribution is 2.23. The molecule has 9 nitrogen and oxygen atoms in total. The number of amides is 1. The van der Waals surface area contributed by atoms with Gasteiger partial charge in [-0.25, -0.2) is 0 Å². The number of nitrogens with zero attached hydrogens (tertiary/aromatic N) is 2. The van der Waals surface area contributed by atoms with Crippen LogP contribution in [0, 0.1) is 4.91 Å². The first-order valence-electron chi connectivity index (χ1n) is 13.5. The van der Waals surface area contributed by atoms with Gasteiger partial charge in [0.15, 0.2) is 0 Å². The number of methoxy groups -OCH3 is 1. The molecular formula is C29H41N3O6. The normalized spacial score (nSPS) is 17.0. The second-order valence-electron chi connectivity index (χ2n) is 9.68. The number of ether oxygens (including phenoxy) is 3. The van der Waals surface area contributed by atoms with Gasteiger partial charge in [0.2, 0.25) is 5.91 Å². The molecule has 1 amide bonds. The van der Waals surface area contributed by atoms with Crippen molar-refractivity contribution in [2.24, 2.45) is 5.18 Å². The Labute approximate surface area is 225 Å². The second kappa shape index (κ2) is 15.9. The highest BCUT2D eigenvalue weighted by atomic mass is 16.5. The number of likely N-dealkylation sites (tertiary alicyclic amines) is 1. The van der Waals surface area contributed by atoms with Crippen LogP contribution in [0.3, 0.4) is 0 Å². The summed E-state index contributed by atoms with van der Waals surface area (Å²) in [6.45, 7) is 4.67. The van der Waals surface area contributed by atoms with Crippen molar-refractivity contribution in [1.82, 2.24) is 10.2 Å². The number of carbonyl (C=O) groups is 1. The van der Waals surface area contributed by atoms with Crippen molar-refractivity contribution in [2.75, 3.05) is 40.0 Å². The van der Waals surface area contributed by atoms with Crippen molar-refractivity contribution >= 4 is 5.91 Å². The lowest BCUT2D eigenvalue weighted by Crippen LogP contribution is -2.47. The van der Waals surface area contributed by atoms with Crippen LogP contribution in [0.1, 0.15) is 57.1 Å². The summed E-state index contributed by atoms with van der Waals surface area (Å²) < 4.78 is 16.6. The zero-order chi connectivity index (χ0) is 27.2. The van der Waals surface area contributed by atoms with Crippen LogP contribution < -0.4 is 19.5 Å². The molecule has 2 N–H and O–H groups in total. The van der Waals surface area contributed by atoms with Crippen molar-refractivity contribution in [3.8, 4) is 17.2 Å². The Morgan fingerprint density at radius 2 is 1.68 bits per heavy atom. The maximum absolute atomic E-state index is 12.8. The Morgan fingerprint density at radius 3 is 2.32 bits per heavy atom. The molecule has 0 aliphatic carbocycles. The van der Waals surface area contributed by atoms with E-state index >= 15 is 0 Å². The third kappa shape index (κ3) is 9.61. The summed E-state index contributed by atoms with van der Waals surface area (Å²) >= 11 is 0. The van der Waals surface area contributed by atoms with Crippen LogP contribution in [0.25, 0.3) is 0 Å². The maximum atomic E-state index is 12.8. The van der Waals surface area contributed by atoms with E-state index in [9.17, 15) is 14.8 Å². The van der Waals surface area contributed by atoms with Gasteiger partial charge < -0.3 is 24.6 Å². The zero-order valence-electron chi connectivity index (χ0n) is 22.5. The molecule has 1 saturated heterocycles. The Morgan fingerprint density at radius 1 is 1.03 bits per heavy atom. The third-order valence-corrected chi connectivity index (χ3v) is 6.72. The quantitative estimate of drug-likeness (QED) is 0.231. The van der Waals surface area contributed by atoms with Crippen molar-refractivity contribution < 1.29 is 24.1 Å². The van der Waals surface area contributed by atoms with Crippen LogP contribution in [0.5, 0.6) is 17.2 Å². The number of carbonyl (C=O) groups excluding carboxylic acids is 1. The Hall–Kier alpha value is -3.17. The van der Waals surface area contributed by atoms with E-state index in [0.717, 1.165) is 24.3 Å². The Kier molecular flexibility index (Phi) is 12.3. The molecule has 1 heterocycles. The number of aliphatic hydroxyl groups excluding tert-OH is 1. The van der Waals surface area contributed by atoms with Crippen molar-refractivity contribution in [2.45, 2.75) is 63.6 Å². The molecule has 1 aliphatic rings. The van der Waals surface area contributed by atoms with Crippen LogP contribution in [0.4, 0.5) is 0 Å². The molecule has 9 heteroatoms. The fourth-order valence-electron chi connectivity index (χ4n) is 4.49. The molecule has 0 bridgehead atoms. The summed E-state index contributed by atoms with van der Waals surface area (Å²) in [5.74, 6) is 1.91. The minimum atomic E-state index is -0.927. The molecule has 0 radical (unpaired) electrons. The number of hydrogen-bond donors (Lipinski definition) is 2. The van der Waals surface area contributed by atoms with E-state index in [1.807, 2.05) is 24.3 Å². The Balaban J connectivity index is 1.56. The summed E-state index contributed by atoms with van der Waals surface area (Å²) in [5, 5.41) is 17.4. The van der Waals surface area contributed by atoms with Gasteiger partial charge in [-0.05, 0) is 54.8 Å². The smallest absolute Gasteiger partial charge is 0.223 e. The summed E-state index contributed by atoms with van der Waals surface area (Å²) in [5.41, 5.74) is 0.687. The van der Waals surface area contributed by atoms with Gasteiger partial charge in [-0.3, -0.25) is 9.69 Å². The monoisotopic (exact) mass is 527 g/mol. The maximum Gasteiger partial charge on any atom is 0.223 e. The molecule has 3 atom stereocenters. The number of hydrogen-bond acceptors (Lipinski definition) is 8. The van der Waals surface area contributed by atoms with Crippen molar-refractivity contribution in [1.29, 1.82) is 0 Å². The van der Waals surface area contributed by atoms with E-state index in [0.29, 0.717) is 44.0 Å². The summed E-state index contributed by atoms with van der Waals surface area (Å²) in [6.07, 6.45) is 4.44. The van der Waals surface area contributed by atoms with Crippen LogP contribution in [-0.2, 0) is 4.79 Å². The molecule has 38 heavy (non-hydrogen) atoms. The third-order valence-electron chi connectivity index (χ3n) is 6.72. The van der Waals surface area contributed by atoms with Crippen molar-refractivity contribution in [3.05, 3.63) is 59.0 Å². The van der Waals surface area contributed by atoms with E-state index in [1.165, 1.54) is 12.8 Å². The number of rotatable bonds is 17. The van der Waals surface area contributed by atoms with Crippen molar-refractivity contribution in [3.63, 3.8) is 0 Å². The number of nitroso groups, excluding NO2 is 1. The average Bonchev–Trinajstić information content (AvgIpc) is 3.40. The van der Waals surface area contributed by atoms with Gasteiger partial charge in [-0.2, -0.15) is 4.91 Å². The first kappa shape index (κ1) is 29.4. The minimum absolute atomic E-state index is 0.137. The molecule has 0 aromatic heterocycles. The highest BCUT2D eigenvalue weighted by molar-refractivity contribution is 5.76. The largest absolute Gasteiger partial charge is 0.497 e. The van der Waals surface area contributed by atoms with E-state index in [2.05, 4.69) is 22.3 Å². The molecule has 3 rings (SSSR count). The molecular weight excluding hydrogens is 486 g/mol. The van der Waals surface area contributed by atoms with E-state index in [-0.39, 0.29) is 25.0 Å². The molecule has 1 fully saturated rings. The Bertz CT molecular complexity index is 969.